The van der Waals surface area contributed by atoms with Crippen molar-refractivity contribution in [2.45, 2.75) is 13.0 Å². The summed E-state index contributed by atoms with van der Waals surface area (Å²) in [5, 5.41) is 14.3. The lowest BCUT2D eigenvalue weighted by Crippen LogP contribution is -2.44. The van der Waals surface area contributed by atoms with Crippen LogP contribution in [0.1, 0.15) is 22.1 Å². The molecule has 2 heterocycles. The fourth-order valence-corrected chi connectivity index (χ4v) is 1.95. The van der Waals surface area contributed by atoms with Gasteiger partial charge < -0.3 is 16.4 Å². The Morgan fingerprint density at radius 3 is 2.90 bits per heavy atom. The molecule has 1 aliphatic rings. The number of nitrogens with two attached hydrogens (primary N) is 1. The summed E-state index contributed by atoms with van der Waals surface area (Å²) in [6, 6.07) is 5.63. The number of benzene rings is 1. The van der Waals surface area contributed by atoms with Gasteiger partial charge in [0.2, 0.25) is 0 Å². The Kier molecular flexibility index (Phi) is 4.44. The van der Waals surface area contributed by atoms with E-state index in [1.54, 1.807) is 16.9 Å². The van der Waals surface area contributed by atoms with E-state index in [2.05, 4.69) is 20.8 Å². The van der Waals surface area contributed by atoms with Crippen LogP contribution in [0.5, 0.6) is 0 Å². The molecular formula is C13H17ClN6O. The molecule has 0 aliphatic carbocycles. The average molecular weight is 309 g/mol. The minimum absolute atomic E-state index is 0. The third-order valence-electron chi connectivity index (χ3n) is 3.34. The van der Waals surface area contributed by atoms with Crippen molar-refractivity contribution in [2.75, 3.05) is 24.1 Å². The summed E-state index contributed by atoms with van der Waals surface area (Å²) in [7, 11) is 0. The Labute approximate surface area is 128 Å². The minimum atomic E-state index is -0.280. The van der Waals surface area contributed by atoms with Gasteiger partial charge in [0.25, 0.3) is 5.91 Å². The van der Waals surface area contributed by atoms with Crippen molar-refractivity contribution in [1.29, 1.82) is 0 Å². The highest BCUT2D eigenvalue weighted by atomic mass is 35.5. The summed E-state index contributed by atoms with van der Waals surface area (Å²) in [6.45, 7) is 3.58. The minimum Gasteiger partial charge on any atom is -0.399 e. The summed E-state index contributed by atoms with van der Waals surface area (Å²) >= 11 is 0. The van der Waals surface area contributed by atoms with E-state index in [4.69, 9.17) is 5.73 Å². The molecule has 1 aliphatic heterocycles. The summed E-state index contributed by atoms with van der Waals surface area (Å²) in [5.74, 6) is -0.280. The molecule has 0 atom stereocenters. The molecule has 1 aromatic carbocycles. The van der Waals surface area contributed by atoms with Gasteiger partial charge >= 0.3 is 0 Å². The van der Waals surface area contributed by atoms with E-state index >= 15 is 0 Å². The van der Waals surface area contributed by atoms with Gasteiger partial charge in [-0.15, -0.1) is 17.5 Å². The van der Waals surface area contributed by atoms with Crippen LogP contribution in [0.2, 0.25) is 0 Å². The second-order valence-corrected chi connectivity index (χ2v) is 4.89. The standard InChI is InChI=1S/C13H16N6O.ClH/c1-8-2-3-9(14)4-11(8)17-13(20)12-7-16-19(18-12)10-5-15-6-10;/h2-4,7,10,15H,5-6,14H2,1H3,(H,17,20);1H. The number of halogens is 1. The zero-order chi connectivity index (χ0) is 14.1. The number of amides is 1. The largest absolute Gasteiger partial charge is 0.399 e. The molecule has 7 nitrogen and oxygen atoms in total. The van der Waals surface area contributed by atoms with Gasteiger partial charge in [-0.25, -0.2) is 0 Å². The molecule has 3 rings (SSSR count). The number of aryl methyl sites for hydroxylation is 1. The Morgan fingerprint density at radius 2 is 2.24 bits per heavy atom. The first-order valence-electron chi connectivity index (χ1n) is 6.43. The van der Waals surface area contributed by atoms with Crippen molar-refractivity contribution in [3.8, 4) is 0 Å². The normalized spacial score (nSPS) is 14.1. The van der Waals surface area contributed by atoms with E-state index < -0.39 is 0 Å². The molecule has 4 N–H and O–H groups in total. The van der Waals surface area contributed by atoms with Gasteiger partial charge in [-0.2, -0.15) is 9.90 Å². The molecule has 2 aromatic rings. The maximum absolute atomic E-state index is 12.1. The maximum atomic E-state index is 12.1. The van der Waals surface area contributed by atoms with E-state index in [0.717, 1.165) is 18.7 Å². The molecule has 21 heavy (non-hydrogen) atoms. The van der Waals surface area contributed by atoms with E-state index in [0.29, 0.717) is 17.1 Å². The number of nitrogens with one attached hydrogen (secondary N) is 2. The van der Waals surface area contributed by atoms with E-state index in [1.807, 2.05) is 13.0 Å². The summed E-state index contributed by atoms with van der Waals surface area (Å²) in [4.78, 5) is 13.7. The van der Waals surface area contributed by atoms with Crippen molar-refractivity contribution < 1.29 is 4.79 Å². The monoisotopic (exact) mass is 308 g/mol. The van der Waals surface area contributed by atoms with Crippen LogP contribution >= 0.6 is 12.4 Å². The lowest BCUT2D eigenvalue weighted by atomic mass is 10.2. The third-order valence-corrected chi connectivity index (χ3v) is 3.34. The van der Waals surface area contributed by atoms with Gasteiger partial charge in [-0.1, -0.05) is 6.07 Å². The molecule has 8 heteroatoms. The van der Waals surface area contributed by atoms with Gasteiger partial charge in [0, 0.05) is 24.5 Å². The third kappa shape index (κ3) is 3.14. The van der Waals surface area contributed by atoms with Gasteiger partial charge in [0.15, 0.2) is 5.69 Å². The van der Waals surface area contributed by atoms with Crippen LogP contribution in [0.4, 0.5) is 11.4 Å². The Hall–Kier alpha value is -2.12. The number of hydrogen-bond donors (Lipinski definition) is 3. The van der Waals surface area contributed by atoms with Gasteiger partial charge in [0.1, 0.15) is 0 Å². The van der Waals surface area contributed by atoms with E-state index in [9.17, 15) is 4.79 Å². The van der Waals surface area contributed by atoms with E-state index in [-0.39, 0.29) is 24.4 Å². The molecule has 0 spiro atoms. The number of hydrogen-bond acceptors (Lipinski definition) is 5. The second-order valence-electron chi connectivity index (χ2n) is 4.89. The summed E-state index contributed by atoms with van der Waals surface area (Å²) in [5.41, 5.74) is 8.27. The number of carbonyl (C=O) groups is 1. The van der Waals surface area contributed by atoms with Crippen molar-refractivity contribution in [3.63, 3.8) is 0 Å². The molecule has 0 bridgehead atoms. The number of rotatable bonds is 3. The maximum Gasteiger partial charge on any atom is 0.277 e. The van der Waals surface area contributed by atoms with Crippen LogP contribution in [0.25, 0.3) is 0 Å². The van der Waals surface area contributed by atoms with Gasteiger partial charge in [0.05, 0.1) is 12.2 Å². The fourth-order valence-electron chi connectivity index (χ4n) is 1.95. The second kappa shape index (κ2) is 6.11. The number of nitrogen functional groups attached to an aromatic ring is 1. The topological polar surface area (TPSA) is 97.9 Å². The van der Waals surface area contributed by atoms with Crippen LogP contribution in [-0.2, 0) is 0 Å². The van der Waals surface area contributed by atoms with Crippen LogP contribution in [0.15, 0.2) is 24.4 Å². The van der Waals surface area contributed by atoms with Crippen molar-refractivity contribution in [3.05, 3.63) is 35.7 Å². The highest BCUT2D eigenvalue weighted by molar-refractivity contribution is 6.03. The molecule has 0 radical (unpaired) electrons. The molecular weight excluding hydrogens is 292 g/mol. The summed E-state index contributed by atoms with van der Waals surface area (Å²) in [6.07, 6.45) is 1.48. The predicted molar refractivity (Wildman–Crippen MR) is 82.7 cm³/mol. The van der Waals surface area contributed by atoms with Crippen LogP contribution in [-0.4, -0.2) is 34.0 Å². The fraction of sp³-hybridized carbons (Fsp3) is 0.308. The van der Waals surface area contributed by atoms with Crippen LogP contribution in [0.3, 0.4) is 0 Å². The smallest absolute Gasteiger partial charge is 0.277 e. The Bertz CT molecular complexity index is 652. The lowest BCUT2D eigenvalue weighted by Gasteiger charge is -2.25. The quantitative estimate of drug-likeness (QED) is 0.735. The number of aromatic nitrogens is 3. The first kappa shape index (κ1) is 15.3. The van der Waals surface area contributed by atoms with Gasteiger partial charge in [-0.05, 0) is 24.6 Å². The highest BCUT2D eigenvalue weighted by Gasteiger charge is 2.22. The predicted octanol–water partition coefficient (Wildman–Crippen LogP) is 0.987. The zero-order valence-corrected chi connectivity index (χ0v) is 12.4. The molecule has 1 aromatic heterocycles. The van der Waals surface area contributed by atoms with Crippen molar-refractivity contribution in [1.82, 2.24) is 20.3 Å². The first-order chi connectivity index (χ1) is 9.63. The first-order valence-corrected chi connectivity index (χ1v) is 6.43. The van der Waals surface area contributed by atoms with Crippen molar-refractivity contribution >= 4 is 29.7 Å². The SMILES string of the molecule is Cc1ccc(N)cc1NC(=O)c1cnn(C2CNC2)n1.Cl. The van der Waals surface area contributed by atoms with Crippen molar-refractivity contribution in [2.24, 2.45) is 0 Å². The Morgan fingerprint density at radius 1 is 1.48 bits per heavy atom. The van der Waals surface area contributed by atoms with E-state index in [1.165, 1.54) is 6.20 Å². The zero-order valence-electron chi connectivity index (χ0n) is 11.5. The molecule has 1 saturated heterocycles. The van der Waals surface area contributed by atoms with Crippen LogP contribution < -0.4 is 16.4 Å². The molecule has 1 fully saturated rings. The Balaban J connectivity index is 0.00000161. The molecule has 1 amide bonds. The number of anilines is 2. The van der Waals surface area contributed by atoms with Crippen LogP contribution in [0, 0.1) is 6.92 Å². The molecule has 112 valence electrons. The molecule has 0 unspecified atom stereocenters. The van der Waals surface area contributed by atoms with Gasteiger partial charge in [-0.3, -0.25) is 4.79 Å². The average Bonchev–Trinajstić information content (AvgIpc) is 2.81. The summed E-state index contributed by atoms with van der Waals surface area (Å²) < 4.78 is 0. The lowest BCUT2D eigenvalue weighted by molar-refractivity contribution is 0.102. The molecule has 0 saturated carbocycles. The number of carbonyl (C=O) groups excluding carboxylic acids is 1. The highest BCUT2D eigenvalue weighted by Crippen LogP contribution is 2.18. The number of nitrogens with zero attached hydrogens (tertiary/aromatic N) is 3.